The molecule has 0 spiro atoms. The first-order chi connectivity index (χ1) is 8.02. The minimum Gasteiger partial charge on any atom is -0.396 e. The van der Waals surface area contributed by atoms with E-state index in [1.165, 1.54) is 0 Å². The molecule has 1 amide bonds. The van der Waals surface area contributed by atoms with Gasteiger partial charge in [0.15, 0.2) is 4.91 Å². The fraction of sp³-hybridized carbons (Fsp3) is 0.600. The fourth-order valence-electron chi connectivity index (χ4n) is 2.04. The predicted octanol–water partition coefficient (Wildman–Crippen LogP) is -0.0265. The highest BCUT2D eigenvalue weighted by atomic mass is 32.2. The van der Waals surface area contributed by atoms with Crippen molar-refractivity contribution in [2.24, 2.45) is 10.1 Å². The second-order valence-corrected chi connectivity index (χ2v) is 5.77. The Bertz CT molecular complexity index is 485. The van der Waals surface area contributed by atoms with Gasteiger partial charge in [-0.25, -0.2) is 0 Å². The first-order valence-corrected chi connectivity index (χ1v) is 7.06. The van der Waals surface area contributed by atoms with Crippen molar-refractivity contribution in [1.29, 1.82) is 0 Å². The molecule has 0 aromatic carbocycles. The molecule has 0 radical (unpaired) electrons. The highest BCUT2D eigenvalue weighted by Crippen LogP contribution is 2.21. The molecule has 0 aromatic rings. The van der Waals surface area contributed by atoms with Crippen LogP contribution in [0.2, 0.25) is 0 Å². The Balaban J connectivity index is 2.23. The highest BCUT2D eigenvalue weighted by Gasteiger charge is 2.34. The van der Waals surface area contributed by atoms with Gasteiger partial charge in [-0.1, -0.05) is 12.8 Å². The average molecular weight is 257 g/mol. The number of amides is 1. The van der Waals surface area contributed by atoms with E-state index in [-0.39, 0.29) is 10.6 Å². The largest absolute Gasteiger partial charge is 0.396 e. The van der Waals surface area contributed by atoms with Gasteiger partial charge < -0.3 is 10.6 Å². The van der Waals surface area contributed by atoms with E-state index < -0.39 is 15.9 Å². The lowest BCUT2D eigenvalue weighted by atomic mass is 10.2. The number of nitrogens with zero attached hydrogens (tertiary/aromatic N) is 2. The Morgan fingerprint density at radius 1 is 1.24 bits per heavy atom. The van der Waals surface area contributed by atoms with Crippen molar-refractivity contribution >= 4 is 22.1 Å². The van der Waals surface area contributed by atoms with E-state index in [9.17, 15) is 13.2 Å². The van der Waals surface area contributed by atoms with Gasteiger partial charge in [-0.3, -0.25) is 4.79 Å². The van der Waals surface area contributed by atoms with E-state index in [4.69, 9.17) is 5.73 Å². The van der Waals surface area contributed by atoms with Crippen LogP contribution in [0.1, 0.15) is 25.7 Å². The number of likely N-dealkylation sites (tertiary alicyclic amines) is 1. The molecule has 0 aromatic heterocycles. The van der Waals surface area contributed by atoms with Crippen LogP contribution in [0.5, 0.6) is 0 Å². The Kier molecular flexibility index (Phi) is 3.19. The predicted molar refractivity (Wildman–Crippen MR) is 63.7 cm³/mol. The van der Waals surface area contributed by atoms with Crippen LogP contribution in [-0.2, 0) is 14.8 Å². The molecule has 0 bridgehead atoms. The Morgan fingerprint density at radius 3 is 2.29 bits per heavy atom. The molecule has 2 rings (SSSR count). The maximum atomic E-state index is 12.1. The van der Waals surface area contributed by atoms with Crippen molar-refractivity contribution in [3.63, 3.8) is 0 Å². The summed E-state index contributed by atoms with van der Waals surface area (Å²) in [6.07, 6.45) is 4.98. The third-order valence-electron chi connectivity index (χ3n) is 2.94. The zero-order valence-corrected chi connectivity index (χ0v) is 10.2. The third kappa shape index (κ3) is 2.33. The molecule has 0 unspecified atom stereocenters. The monoisotopic (exact) mass is 257 g/mol. The van der Waals surface area contributed by atoms with Crippen molar-refractivity contribution < 1.29 is 13.2 Å². The van der Waals surface area contributed by atoms with E-state index >= 15 is 0 Å². The topological polar surface area (TPSA) is 92.8 Å². The molecular formula is C10H15N3O3S. The van der Waals surface area contributed by atoms with Crippen LogP contribution < -0.4 is 5.73 Å². The maximum absolute atomic E-state index is 12.1. The summed E-state index contributed by atoms with van der Waals surface area (Å²) in [4.78, 5) is 13.3. The Hall–Kier alpha value is -1.37. The summed E-state index contributed by atoms with van der Waals surface area (Å²) in [6, 6.07) is 0. The fourth-order valence-corrected chi connectivity index (χ4v) is 3.10. The zero-order valence-electron chi connectivity index (χ0n) is 9.42. The number of sulfonamides is 1. The molecule has 1 fully saturated rings. The second kappa shape index (κ2) is 4.48. The number of nitrogens with two attached hydrogens (primary N) is 1. The molecule has 0 aliphatic carbocycles. The van der Waals surface area contributed by atoms with Gasteiger partial charge in [-0.05, 0) is 12.8 Å². The number of carbonyl (C=O) groups is 1. The standard InChI is InChI=1S/C10H15N3O3S/c11-8-7-12-17(15,16)9(8)10(14)13-5-3-1-2-4-6-13/h7H,1-6,11H2. The molecule has 2 N–H and O–H groups in total. The third-order valence-corrected chi connectivity index (χ3v) is 4.25. The molecule has 0 saturated carbocycles. The molecular weight excluding hydrogens is 242 g/mol. The summed E-state index contributed by atoms with van der Waals surface area (Å²) in [6.45, 7) is 1.18. The van der Waals surface area contributed by atoms with Crippen LogP contribution in [-0.4, -0.2) is 38.5 Å². The van der Waals surface area contributed by atoms with Crippen LogP contribution in [0.25, 0.3) is 0 Å². The van der Waals surface area contributed by atoms with Gasteiger partial charge in [-0.2, -0.15) is 12.8 Å². The minimum atomic E-state index is -3.86. The number of hydrogen-bond donors (Lipinski definition) is 1. The van der Waals surface area contributed by atoms with Crippen molar-refractivity contribution in [3.05, 3.63) is 10.6 Å². The van der Waals surface area contributed by atoms with Crippen LogP contribution in [0.15, 0.2) is 15.0 Å². The van der Waals surface area contributed by atoms with E-state index in [0.29, 0.717) is 13.1 Å². The quantitative estimate of drug-likeness (QED) is 0.714. The van der Waals surface area contributed by atoms with Crippen molar-refractivity contribution in [2.75, 3.05) is 13.1 Å². The molecule has 17 heavy (non-hydrogen) atoms. The second-order valence-electron chi connectivity index (χ2n) is 4.20. The van der Waals surface area contributed by atoms with Crippen molar-refractivity contribution in [2.45, 2.75) is 25.7 Å². The molecule has 7 heteroatoms. The SMILES string of the molecule is NC1=C(C(=O)N2CCCCCC2)S(=O)(=O)N=C1. The highest BCUT2D eigenvalue weighted by molar-refractivity contribution is 7.95. The van der Waals surface area contributed by atoms with Gasteiger partial charge in [0.1, 0.15) is 0 Å². The smallest absolute Gasteiger partial charge is 0.289 e. The normalized spacial score (nSPS) is 23.9. The van der Waals surface area contributed by atoms with E-state index in [1.54, 1.807) is 4.90 Å². The van der Waals surface area contributed by atoms with Crippen molar-refractivity contribution in [1.82, 2.24) is 4.90 Å². The van der Waals surface area contributed by atoms with E-state index in [2.05, 4.69) is 4.40 Å². The summed E-state index contributed by atoms with van der Waals surface area (Å²) in [5.41, 5.74) is 5.45. The van der Waals surface area contributed by atoms with Crippen LogP contribution >= 0.6 is 0 Å². The molecule has 2 heterocycles. The zero-order chi connectivity index (χ0) is 12.5. The van der Waals surface area contributed by atoms with Gasteiger partial charge in [0.25, 0.3) is 15.9 Å². The molecule has 1 saturated heterocycles. The molecule has 2 aliphatic rings. The number of rotatable bonds is 1. The molecule has 2 aliphatic heterocycles. The van der Waals surface area contributed by atoms with E-state index in [0.717, 1.165) is 31.9 Å². The van der Waals surface area contributed by atoms with Crippen LogP contribution in [0.3, 0.4) is 0 Å². The van der Waals surface area contributed by atoms with Gasteiger partial charge in [0.05, 0.1) is 11.9 Å². The average Bonchev–Trinajstić information content (AvgIpc) is 2.50. The van der Waals surface area contributed by atoms with Gasteiger partial charge >= 0.3 is 0 Å². The van der Waals surface area contributed by atoms with Gasteiger partial charge in [-0.15, -0.1) is 0 Å². The minimum absolute atomic E-state index is 0.0563. The van der Waals surface area contributed by atoms with Gasteiger partial charge in [0, 0.05) is 13.1 Å². The van der Waals surface area contributed by atoms with Gasteiger partial charge in [0.2, 0.25) is 0 Å². The number of carbonyl (C=O) groups excluding carboxylic acids is 1. The maximum Gasteiger partial charge on any atom is 0.289 e. The Morgan fingerprint density at radius 2 is 1.82 bits per heavy atom. The number of hydrogen-bond acceptors (Lipinski definition) is 4. The van der Waals surface area contributed by atoms with Crippen LogP contribution in [0.4, 0.5) is 0 Å². The molecule has 94 valence electrons. The summed E-state index contributed by atoms with van der Waals surface area (Å²) < 4.78 is 26.4. The lowest BCUT2D eigenvalue weighted by molar-refractivity contribution is -0.126. The number of allylic oxidation sites excluding steroid dienone is 1. The first kappa shape index (κ1) is 12.1. The summed E-state index contributed by atoms with van der Waals surface area (Å²) >= 11 is 0. The lowest BCUT2D eigenvalue weighted by Crippen LogP contribution is -2.35. The van der Waals surface area contributed by atoms with E-state index in [1.807, 2.05) is 0 Å². The summed E-state index contributed by atoms with van der Waals surface area (Å²) in [7, 11) is -3.86. The van der Waals surface area contributed by atoms with Crippen LogP contribution in [0, 0.1) is 0 Å². The Labute approximate surface area is 100 Å². The summed E-state index contributed by atoms with van der Waals surface area (Å²) in [5.74, 6) is -0.512. The molecule has 6 nitrogen and oxygen atoms in total. The summed E-state index contributed by atoms with van der Waals surface area (Å²) in [5, 5.41) is 0. The molecule has 0 atom stereocenters. The van der Waals surface area contributed by atoms with Crippen molar-refractivity contribution in [3.8, 4) is 0 Å². The first-order valence-electron chi connectivity index (χ1n) is 5.62. The lowest BCUT2D eigenvalue weighted by Gasteiger charge is -2.20.